The summed E-state index contributed by atoms with van der Waals surface area (Å²) in [4.78, 5) is 7.65. The molecule has 128 valence electrons. The molecule has 4 rings (SSSR count). The van der Waals surface area contributed by atoms with Crippen molar-refractivity contribution in [1.82, 2.24) is 9.97 Å². The van der Waals surface area contributed by atoms with Gasteiger partial charge in [-0.2, -0.15) is 0 Å². The summed E-state index contributed by atoms with van der Waals surface area (Å²) >= 11 is 0. The third-order valence-corrected chi connectivity index (χ3v) is 4.63. The maximum absolute atomic E-state index is 4.43. The molecular weight excluding hydrogens is 318 g/mol. The molecule has 0 fully saturated rings. The number of nitrogens with one attached hydrogen (secondary N) is 2. The van der Waals surface area contributed by atoms with Crippen molar-refractivity contribution in [2.75, 3.05) is 5.32 Å². The van der Waals surface area contributed by atoms with Crippen LogP contribution in [0.5, 0.6) is 0 Å². The van der Waals surface area contributed by atoms with Crippen molar-refractivity contribution >= 4 is 22.2 Å². The van der Waals surface area contributed by atoms with Gasteiger partial charge in [0.05, 0.1) is 6.04 Å². The second kappa shape index (κ2) is 6.89. The van der Waals surface area contributed by atoms with Crippen LogP contribution in [0.4, 0.5) is 5.69 Å². The van der Waals surface area contributed by atoms with E-state index in [9.17, 15) is 0 Å². The van der Waals surface area contributed by atoms with Gasteiger partial charge < -0.3 is 10.3 Å². The fraction of sp³-hybridized carbons (Fsp3) is 0.0870. The Kier molecular flexibility index (Phi) is 4.28. The van der Waals surface area contributed by atoms with E-state index in [1.807, 2.05) is 24.5 Å². The summed E-state index contributed by atoms with van der Waals surface area (Å²) in [6, 6.07) is 20.7. The lowest BCUT2D eigenvalue weighted by molar-refractivity contribution is 0.992. The third kappa shape index (κ3) is 3.11. The van der Waals surface area contributed by atoms with Gasteiger partial charge in [-0.3, -0.25) is 4.98 Å². The number of fused-ring (bicyclic) bond motifs is 1. The van der Waals surface area contributed by atoms with E-state index >= 15 is 0 Å². The maximum Gasteiger partial charge on any atom is 0.0783 e. The second-order valence-corrected chi connectivity index (χ2v) is 6.51. The van der Waals surface area contributed by atoms with Gasteiger partial charge in [-0.05, 0) is 47.9 Å². The fourth-order valence-corrected chi connectivity index (χ4v) is 3.31. The number of aryl methyl sites for hydroxylation is 1. The Balaban J connectivity index is 1.76. The van der Waals surface area contributed by atoms with Crippen LogP contribution in [0.25, 0.3) is 16.5 Å². The van der Waals surface area contributed by atoms with Crippen LogP contribution in [0, 0.1) is 6.92 Å². The number of rotatable bonds is 5. The van der Waals surface area contributed by atoms with E-state index in [2.05, 4.69) is 77.3 Å². The van der Waals surface area contributed by atoms with E-state index in [-0.39, 0.29) is 6.04 Å². The SMILES string of the molecule is C=C(c1c[nH]c2ccccc12)C(Nc1cccc(C)c1)c1cccnc1. The molecule has 3 nitrogen and oxygen atoms in total. The van der Waals surface area contributed by atoms with Crippen LogP contribution in [0.15, 0.2) is 85.8 Å². The molecule has 0 aliphatic heterocycles. The van der Waals surface area contributed by atoms with Gasteiger partial charge in [-0.25, -0.2) is 0 Å². The average Bonchev–Trinajstić information content (AvgIpc) is 3.10. The van der Waals surface area contributed by atoms with E-state index < -0.39 is 0 Å². The van der Waals surface area contributed by atoms with Crippen LogP contribution in [0.2, 0.25) is 0 Å². The molecular formula is C23H21N3. The van der Waals surface area contributed by atoms with Crippen LogP contribution in [-0.4, -0.2) is 9.97 Å². The van der Waals surface area contributed by atoms with Crippen molar-refractivity contribution in [2.45, 2.75) is 13.0 Å². The van der Waals surface area contributed by atoms with Gasteiger partial charge in [0.25, 0.3) is 0 Å². The van der Waals surface area contributed by atoms with E-state index in [0.29, 0.717) is 0 Å². The molecule has 0 bridgehead atoms. The minimum Gasteiger partial charge on any atom is -0.374 e. The summed E-state index contributed by atoms with van der Waals surface area (Å²) in [5.74, 6) is 0. The minimum absolute atomic E-state index is 0.0651. The highest BCUT2D eigenvalue weighted by atomic mass is 14.9. The molecule has 0 saturated heterocycles. The Bertz CT molecular complexity index is 1050. The number of H-pyrrole nitrogens is 1. The number of anilines is 1. The summed E-state index contributed by atoms with van der Waals surface area (Å²) in [5.41, 5.74) is 6.62. The third-order valence-electron chi connectivity index (χ3n) is 4.63. The smallest absolute Gasteiger partial charge is 0.0783 e. The van der Waals surface area contributed by atoms with Gasteiger partial charge in [0.15, 0.2) is 0 Å². The number of aromatic nitrogens is 2. The number of hydrogen-bond donors (Lipinski definition) is 2. The summed E-state index contributed by atoms with van der Waals surface area (Å²) in [5, 5.41) is 4.81. The first-order valence-corrected chi connectivity index (χ1v) is 8.71. The van der Waals surface area contributed by atoms with E-state index in [4.69, 9.17) is 0 Å². The number of hydrogen-bond acceptors (Lipinski definition) is 2. The molecule has 0 aliphatic carbocycles. The highest BCUT2D eigenvalue weighted by molar-refractivity contribution is 5.93. The minimum atomic E-state index is -0.0651. The molecule has 26 heavy (non-hydrogen) atoms. The van der Waals surface area contributed by atoms with Crippen LogP contribution in [-0.2, 0) is 0 Å². The summed E-state index contributed by atoms with van der Waals surface area (Å²) < 4.78 is 0. The van der Waals surface area contributed by atoms with Gasteiger partial charge in [-0.15, -0.1) is 0 Å². The summed E-state index contributed by atoms with van der Waals surface area (Å²) in [6.07, 6.45) is 5.73. The Morgan fingerprint density at radius 3 is 2.77 bits per heavy atom. The Hall–Kier alpha value is -3.33. The molecule has 2 heterocycles. The largest absolute Gasteiger partial charge is 0.374 e. The molecule has 0 amide bonds. The van der Waals surface area contributed by atoms with Gasteiger partial charge in [0.2, 0.25) is 0 Å². The number of nitrogens with zero attached hydrogens (tertiary/aromatic N) is 1. The molecule has 0 spiro atoms. The fourth-order valence-electron chi connectivity index (χ4n) is 3.31. The van der Waals surface area contributed by atoms with Crippen LogP contribution in [0.1, 0.15) is 22.7 Å². The number of benzene rings is 2. The Morgan fingerprint density at radius 1 is 1.08 bits per heavy atom. The Morgan fingerprint density at radius 2 is 1.96 bits per heavy atom. The molecule has 0 radical (unpaired) electrons. The highest BCUT2D eigenvalue weighted by Crippen LogP contribution is 2.35. The highest BCUT2D eigenvalue weighted by Gasteiger charge is 2.19. The maximum atomic E-state index is 4.43. The number of para-hydroxylation sites is 1. The second-order valence-electron chi connectivity index (χ2n) is 6.51. The predicted octanol–water partition coefficient (Wildman–Crippen LogP) is 5.74. The molecule has 1 unspecified atom stereocenters. The lowest BCUT2D eigenvalue weighted by Crippen LogP contribution is -2.12. The van der Waals surface area contributed by atoms with E-state index in [0.717, 1.165) is 27.9 Å². The zero-order valence-corrected chi connectivity index (χ0v) is 14.7. The van der Waals surface area contributed by atoms with Crippen molar-refractivity contribution in [2.24, 2.45) is 0 Å². The van der Waals surface area contributed by atoms with E-state index in [1.165, 1.54) is 10.9 Å². The summed E-state index contributed by atoms with van der Waals surface area (Å²) in [7, 11) is 0. The number of pyridine rings is 1. The van der Waals surface area contributed by atoms with Crippen molar-refractivity contribution in [3.05, 3.63) is 103 Å². The summed E-state index contributed by atoms with van der Waals surface area (Å²) in [6.45, 7) is 6.53. The lowest BCUT2D eigenvalue weighted by Gasteiger charge is -2.23. The van der Waals surface area contributed by atoms with Crippen LogP contribution in [0.3, 0.4) is 0 Å². The predicted molar refractivity (Wildman–Crippen MR) is 109 cm³/mol. The van der Waals surface area contributed by atoms with Crippen LogP contribution < -0.4 is 5.32 Å². The Labute approximate surface area is 153 Å². The molecule has 0 saturated carbocycles. The monoisotopic (exact) mass is 339 g/mol. The van der Waals surface area contributed by atoms with Gasteiger partial charge >= 0.3 is 0 Å². The normalized spacial score (nSPS) is 12.0. The first kappa shape index (κ1) is 16.2. The lowest BCUT2D eigenvalue weighted by atomic mass is 9.94. The van der Waals surface area contributed by atoms with Crippen LogP contribution >= 0.6 is 0 Å². The quantitative estimate of drug-likeness (QED) is 0.487. The zero-order valence-electron chi connectivity index (χ0n) is 14.7. The van der Waals surface area contributed by atoms with Crippen molar-refractivity contribution in [3.8, 4) is 0 Å². The topological polar surface area (TPSA) is 40.7 Å². The standard InChI is InChI=1S/C23H21N3/c1-16-7-5-9-19(13-16)26-23(18-8-6-12-24-14-18)17(2)21-15-25-22-11-4-3-10-20(21)22/h3-15,23,25-26H,2H2,1H3. The van der Waals surface area contributed by atoms with Gasteiger partial charge in [0, 0.05) is 40.7 Å². The molecule has 0 aliphatic rings. The zero-order chi connectivity index (χ0) is 17.9. The van der Waals surface area contributed by atoms with E-state index in [1.54, 1.807) is 6.20 Å². The average molecular weight is 339 g/mol. The molecule has 4 aromatic rings. The van der Waals surface area contributed by atoms with Crippen molar-refractivity contribution in [1.29, 1.82) is 0 Å². The van der Waals surface area contributed by atoms with Crippen molar-refractivity contribution in [3.63, 3.8) is 0 Å². The molecule has 2 aromatic heterocycles. The van der Waals surface area contributed by atoms with Gasteiger partial charge in [-0.1, -0.05) is 43.0 Å². The number of aromatic amines is 1. The molecule has 1 atom stereocenters. The first-order chi connectivity index (χ1) is 12.7. The molecule has 2 aromatic carbocycles. The van der Waals surface area contributed by atoms with Crippen molar-refractivity contribution < 1.29 is 0 Å². The molecule has 3 heteroatoms. The van der Waals surface area contributed by atoms with Gasteiger partial charge in [0.1, 0.15) is 0 Å². The molecule has 2 N–H and O–H groups in total. The first-order valence-electron chi connectivity index (χ1n) is 8.71.